The molecular formula is C18H18N4O3S. The first-order valence-corrected chi connectivity index (χ1v) is 9.26. The van der Waals surface area contributed by atoms with Crippen molar-refractivity contribution in [3.63, 3.8) is 0 Å². The Kier molecular flexibility index (Phi) is 4.20. The number of amides is 1. The van der Waals surface area contributed by atoms with Crippen LogP contribution < -0.4 is 10.3 Å². The van der Waals surface area contributed by atoms with Crippen molar-refractivity contribution < 1.29 is 9.53 Å². The van der Waals surface area contributed by atoms with Gasteiger partial charge in [0.15, 0.2) is 0 Å². The molecule has 1 atom stereocenters. The van der Waals surface area contributed by atoms with Crippen LogP contribution in [-0.2, 0) is 0 Å². The number of hydrogen-bond acceptors (Lipinski definition) is 6. The number of fused-ring (bicyclic) bond motifs is 1. The summed E-state index contributed by atoms with van der Waals surface area (Å²) in [6.07, 6.45) is 1.26. The van der Waals surface area contributed by atoms with E-state index >= 15 is 0 Å². The maximum atomic E-state index is 12.6. The van der Waals surface area contributed by atoms with Gasteiger partial charge in [-0.1, -0.05) is 29.5 Å². The summed E-state index contributed by atoms with van der Waals surface area (Å²) >= 11 is 1.35. The zero-order valence-electron chi connectivity index (χ0n) is 14.5. The number of carbonyl (C=O) groups excluding carboxylic acids is 1. The molecule has 1 amide bonds. The molecule has 1 aliphatic heterocycles. The van der Waals surface area contributed by atoms with E-state index in [0.717, 1.165) is 12.8 Å². The molecule has 1 unspecified atom stereocenters. The van der Waals surface area contributed by atoms with Crippen molar-refractivity contribution >= 4 is 22.4 Å². The molecular weight excluding hydrogens is 352 g/mol. The van der Waals surface area contributed by atoms with Gasteiger partial charge >= 0.3 is 6.09 Å². The third kappa shape index (κ3) is 2.86. The molecule has 1 aromatic carbocycles. The normalized spacial score (nSPS) is 17.0. The Morgan fingerprint density at radius 1 is 1.27 bits per heavy atom. The molecule has 2 aromatic heterocycles. The number of carbonyl (C=O) groups is 1. The first-order valence-electron chi connectivity index (χ1n) is 8.45. The minimum atomic E-state index is -0.398. The Balaban J connectivity index is 1.64. The standard InChI is InChI=1S/C18H18N4O3S/c1-11-12(2)19-17-22(16(11)23)20-15(26-17)14-9-6-10-21(14)18(24)25-13-7-4-3-5-8-13/h3-5,7-8,14H,6,9-10H2,1-2H3. The summed E-state index contributed by atoms with van der Waals surface area (Å²) in [6, 6.07) is 8.80. The average Bonchev–Trinajstić information content (AvgIpc) is 3.27. The predicted octanol–water partition coefficient (Wildman–Crippen LogP) is 3.10. The third-order valence-corrected chi connectivity index (χ3v) is 5.63. The first-order chi connectivity index (χ1) is 12.5. The number of aryl methyl sites for hydroxylation is 1. The van der Waals surface area contributed by atoms with E-state index in [9.17, 15) is 9.59 Å². The number of ether oxygens (including phenoxy) is 1. The molecule has 4 rings (SSSR count). The van der Waals surface area contributed by atoms with Gasteiger partial charge in [0.05, 0.1) is 6.04 Å². The smallest absolute Gasteiger partial charge is 0.410 e. The molecule has 134 valence electrons. The van der Waals surface area contributed by atoms with E-state index in [4.69, 9.17) is 4.74 Å². The molecule has 8 heteroatoms. The second-order valence-corrected chi connectivity index (χ2v) is 7.28. The van der Waals surface area contributed by atoms with E-state index < -0.39 is 6.09 Å². The summed E-state index contributed by atoms with van der Waals surface area (Å²) in [5, 5.41) is 5.16. The molecule has 7 nitrogen and oxygen atoms in total. The fourth-order valence-electron chi connectivity index (χ4n) is 3.07. The Morgan fingerprint density at radius 3 is 2.81 bits per heavy atom. The van der Waals surface area contributed by atoms with Crippen LogP contribution in [0.2, 0.25) is 0 Å². The van der Waals surface area contributed by atoms with Gasteiger partial charge < -0.3 is 4.74 Å². The molecule has 0 saturated carbocycles. The summed E-state index contributed by atoms with van der Waals surface area (Å²) in [7, 11) is 0. The van der Waals surface area contributed by atoms with Gasteiger partial charge in [-0.25, -0.2) is 9.78 Å². The summed E-state index contributed by atoms with van der Waals surface area (Å²) in [5.41, 5.74) is 1.13. The molecule has 26 heavy (non-hydrogen) atoms. The minimum absolute atomic E-state index is 0.161. The number of benzene rings is 1. The van der Waals surface area contributed by atoms with Gasteiger partial charge in [0.2, 0.25) is 4.96 Å². The Labute approximate surface area is 153 Å². The molecule has 3 aromatic rings. The lowest BCUT2D eigenvalue weighted by Crippen LogP contribution is -2.33. The van der Waals surface area contributed by atoms with E-state index in [0.29, 0.717) is 33.5 Å². The van der Waals surface area contributed by atoms with Crippen molar-refractivity contribution in [2.45, 2.75) is 32.7 Å². The quantitative estimate of drug-likeness (QED) is 0.693. The first kappa shape index (κ1) is 16.7. The molecule has 0 aliphatic carbocycles. The van der Waals surface area contributed by atoms with Crippen LogP contribution in [0.25, 0.3) is 4.96 Å². The fraction of sp³-hybridized carbons (Fsp3) is 0.333. The van der Waals surface area contributed by atoms with E-state index in [1.54, 1.807) is 24.0 Å². The molecule has 0 radical (unpaired) electrons. The van der Waals surface area contributed by atoms with Crippen molar-refractivity contribution in [2.75, 3.05) is 6.54 Å². The monoisotopic (exact) mass is 370 g/mol. The summed E-state index contributed by atoms with van der Waals surface area (Å²) in [6.45, 7) is 4.16. The van der Waals surface area contributed by atoms with Gasteiger partial charge in [-0.15, -0.1) is 0 Å². The van der Waals surface area contributed by atoms with Crippen LogP contribution in [0.15, 0.2) is 35.1 Å². The van der Waals surface area contributed by atoms with E-state index in [1.807, 2.05) is 25.1 Å². The van der Waals surface area contributed by atoms with Crippen LogP contribution >= 0.6 is 11.3 Å². The average molecular weight is 370 g/mol. The summed E-state index contributed by atoms with van der Waals surface area (Å²) < 4.78 is 6.80. The lowest BCUT2D eigenvalue weighted by atomic mass is 10.2. The van der Waals surface area contributed by atoms with Gasteiger partial charge in [0.25, 0.3) is 5.56 Å². The zero-order chi connectivity index (χ0) is 18.3. The molecule has 0 spiro atoms. The highest BCUT2D eigenvalue weighted by molar-refractivity contribution is 7.16. The lowest BCUT2D eigenvalue weighted by Gasteiger charge is -2.21. The number of para-hydroxylation sites is 1. The number of nitrogens with zero attached hydrogens (tertiary/aromatic N) is 4. The van der Waals surface area contributed by atoms with Gasteiger partial charge in [-0.2, -0.15) is 9.61 Å². The van der Waals surface area contributed by atoms with Crippen molar-refractivity contribution in [1.82, 2.24) is 19.5 Å². The highest BCUT2D eigenvalue weighted by atomic mass is 32.1. The zero-order valence-corrected chi connectivity index (χ0v) is 15.3. The lowest BCUT2D eigenvalue weighted by molar-refractivity contribution is 0.147. The maximum absolute atomic E-state index is 12.6. The van der Waals surface area contributed by atoms with Crippen molar-refractivity contribution in [3.8, 4) is 5.75 Å². The van der Waals surface area contributed by atoms with E-state index in [1.165, 1.54) is 15.9 Å². The van der Waals surface area contributed by atoms with Gasteiger partial charge in [0, 0.05) is 17.8 Å². The molecule has 0 bridgehead atoms. The van der Waals surface area contributed by atoms with Crippen molar-refractivity contribution in [3.05, 3.63) is 57.0 Å². The Morgan fingerprint density at radius 2 is 2.04 bits per heavy atom. The molecule has 1 aliphatic rings. The van der Waals surface area contributed by atoms with Crippen LogP contribution in [-0.4, -0.2) is 32.1 Å². The van der Waals surface area contributed by atoms with E-state index in [-0.39, 0.29) is 11.6 Å². The Hall–Kier alpha value is -2.74. The molecule has 1 fully saturated rings. The Bertz CT molecular complexity index is 1030. The second kappa shape index (κ2) is 6.53. The van der Waals surface area contributed by atoms with Crippen LogP contribution in [0.3, 0.4) is 0 Å². The number of rotatable bonds is 2. The van der Waals surface area contributed by atoms with Crippen LogP contribution in [0.5, 0.6) is 5.75 Å². The topological polar surface area (TPSA) is 76.8 Å². The van der Waals surface area contributed by atoms with Crippen LogP contribution in [0.4, 0.5) is 4.79 Å². The minimum Gasteiger partial charge on any atom is -0.410 e. The highest BCUT2D eigenvalue weighted by Gasteiger charge is 2.34. The second-order valence-electron chi connectivity index (χ2n) is 6.29. The maximum Gasteiger partial charge on any atom is 0.415 e. The highest BCUT2D eigenvalue weighted by Crippen LogP contribution is 2.34. The van der Waals surface area contributed by atoms with Crippen LogP contribution in [0, 0.1) is 13.8 Å². The number of aromatic nitrogens is 3. The van der Waals surface area contributed by atoms with Crippen molar-refractivity contribution in [1.29, 1.82) is 0 Å². The third-order valence-electron chi connectivity index (χ3n) is 4.62. The van der Waals surface area contributed by atoms with Gasteiger partial charge in [0.1, 0.15) is 10.8 Å². The fourth-order valence-corrected chi connectivity index (χ4v) is 4.15. The molecule has 3 heterocycles. The van der Waals surface area contributed by atoms with Gasteiger partial charge in [-0.3, -0.25) is 9.69 Å². The number of likely N-dealkylation sites (tertiary alicyclic amines) is 1. The number of hydrogen-bond donors (Lipinski definition) is 0. The van der Waals surface area contributed by atoms with Gasteiger partial charge in [-0.05, 0) is 38.8 Å². The van der Waals surface area contributed by atoms with Crippen LogP contribution in [0.1, 0.15) is 35.1 Å². The molecule has 1 saturated heterocycles. The van der Waals surface area contributed by atoms with E-state index in [2.05, 4.69) is 10.1 Å². The summed E-state index contributed by atoms with van der Waals surface area (Å²) in [4.78, 5) is 31.7. The summed E-state index contributed by atoms with van der Waals surface area (Å²) in [5.74, 6) is 0.511. The largest absolute Gasteiger partial charge is 0.415 e. The van der Waals surface area contributed by atoms with Crippen molar-refractivity contribution in [2.24, 2.45) is 0 Å². The SMILES string of the molecule is Cc1nc2sc(C3CCCN3C(=O)Oc3ccccc3)nn2c(=O)c1C. The molecule has 0 N–H and O–H groups in total. The predicted molar refractivity (Wildman–Crippen MR) is 97.8 cm³/mol.